The standard InChI is InChI=1S/C16H13F3N2O2/c1-8-11-6-9(2-3-13(11)21-15(8)23)12-7-20-5-4-10(12)14(22)16(17,18)19/h2-8,14,22H,1H3,(H,21,23). The molecular weight excluding hydrogens is 309 g/mol. The van der Waals surface area contributed by atoms with E-state index in [0.717, 1.165) is 6.07 Å². The van der Waals surface area contributed by atoms with Gasteiger partial charge in [0.15, 0.2) is 6.10 Å². The van der Waals surface area contributed by atoms with Gasteiger partial charge in [-0.1, -0.05) is 6.07 Å². The Morgan fingerprint density at radius 3 is 2.74 bits per heavy atom. The maximum Gasteiger partial charge on any atom is 0.418 e. The minimum atomic E-state index is -4.77. The zero-order valence-electron chi connectivity index (χ0n) is 12.1. The van der Waals surface area contributed by atoms with E-state index in [9.17, 15) is 23.1 Å². The summed E-state index contributed by atoms with van der Waals surface area (Å²) in [4.78, 5) is 15.5. The fraction of sp³-hybridized carbons (Fsp3) is 0.250. The molecule has 1 aliphatic rings. The van der Waals surface area contributed by atoms with Crippen molar-refractivity contribution in [1.82, 2.24) is 4.98 Å². The number of aliphatic hydroxyl groups excluding tert-OH is 1. The summed E-state index contributed by atoms with van der Waals surface area (Å²) in [5, 5.41) is 12.3. The number of halogens is 3. The summed E-state index contributed by atoms with van der Waals surface area (Å²) in [6.07, 6.45) is -4.88. The third-order valence-electron chi connectivity index (χ3n) is 3.94. The topological polar surface area (TPSA) is 62.2 Å². The molecule has 0 saturated carbocycles. The molecule has 1 aromatic heterocycles. The molecule has 2 unspecified atom stereocenters. The van der Waals surface area contributed by atoms with Crippen molar-refractivity contribution in [2.45, 2.75) is 25.1 Å². The number of fused-ring (bicyclic) bond motifs is 1. The van der Waals surface area contributed by atoms with Gasteiger partial charge < -0.3 is 10.4 Å². The number of rotatable bonds is 2. The normalized spacial score (nSPS) is 18.5. The van der Waals surface area contributed by atoms with Crippen molar-refractivity contribution in [3.05, 3.63) is 47.8 Å². The molecule has 1 aliphatic heterocycles. The van der Waals surface area contributed by atoms with Crippen LogP contribution in [0.4, 0.5) is 18.9 Å². The SMILES string of the molecule is CC1C(=O)Nc2ccc(-c3cnccc3C(O)C(F)(F)F)cc21. The van der Waals surface area contributed by atoms with Gasteiger partial charge >= 0.3 is 6.18 Å². The summed E-state index contributed by atoms with van der Waals surface area (Å²) < 4.78 is 38.5. The average molecular weight is 322 g/mol. The van der Waals surface area contributed by atoms with E-state index in [1.165, 1.54) is 12.4 Å². The number of nitrogens with one attached hydrogen (secondary N) is 1. The number of carbonyl (C=O) groups is 1. The van der Waals surface area contributed by atoms with Crippen LogP contribution in [0.1, 0.15) is 30.1 Å². The zero-order valence-corrected chi connectivity index (χ0v) is 12.1. The Morgan fingerprint density at radius 2 is 2.04 bits per heavy atom. The van der Waals surface area contributed by atoms with Gasteiger partial charge in [-0.15, -0.1) is 0 Å². The molecule has 7 heteroatoms. The fourth-order valence-electron chi connectivity index (χ4n) is 2.65. The molecule has 0 saturated heterocycles. The highest BCUT2D eigenvalue weighted by molar-refractivity contribution is 6.03. The number of aromatic nitrogens is 1. The third kappa shape index (κ3) is 2.68. The minimum absolute atomic E-state index is 0.154. The predicted octanol–water partition coefficient (Wildman–Crippen LogP) is 3.40. The van der Waals surface area contributed by atoms with Gasteiger partial charge in [0, 0.05) is 29.2 Å². The number of amides is 1. The zero-order chi connectivity index (χ0) is 16.8. The van der Waals surface area contributed by atoms with Crippen molar-refractivity contribution in [1.29, 1.82) is 0 Å². The summed E-state index contributed by atoms with van der Waals surface area (Å²) in [6.45, 7) is 1.72. The Hall–Kier alpha value is -2.41. The van der Waals surface area contributed by atoms with E-state index >= 15 is 0 Å². The van der Waals surface area contributed by atoms with Gasteiger partial charge in [-0.25, -0.2) is 0 Å². The molecule has 2 aromatic rings. The van der Waals surface area contributed by atoms with Crippen LogP contribution >= 0.6 is 0 Å². The smallest absolute Gasteiger partial charge is 0.379 e. The Labute approximate surface area is 130 Å². The van der Waals surface area contributed by atoms with Crippen molar-refractivity contribution in [3.63, 3.8) is 0 Å². The summed E-state index contributed by atoms with van der Waals surface area (Å²) in [5.74, 6) is -0.531. The number of nitrogens with zero attached hydrogens (tertiary/aromatic N) is 1. The number of hydrogen-bond acceptors (Lipinski definition) is 3. The number of hydrogen-bond donors (Lipinski definition) is 2. The first-order chi connectivity index (χ1) is 10.8. The lowest BCUT2D eigenvalue weighted by atomic mass is 9.94. The van der Waals surface area contributed by atoms with Crippen LogP contribution in [0.15, 0.2) is 36.7 Å². The summed E-state index contributed by atoms with van der Waals surface area (Å²) in [6, 6.07) is 6.04. The highest BCUT2D eigenvalue weighted by atomic mass is 19.4. The highest BCUT2D eigenvalue weighted by Gasteiger charge is 2.40. The summed E-state index contributed by atoms with van der Waals surface area (Å²) in [5.41, 5.74) is 1.75. The van der Waals surface area contributed by atoms with Gasteiger partial charge in [0.25, 0.3) is 0 Å². The molecule has 1 amide bonds. The predicted molar refractivity (Wildman–Crippen MR) is 77.7 cm³/mol. The molecule has 4 nitrogen and oxygen atoms in total. The Kier molecular flexibility index (Phi) is 3.60. The number of aliphatic hydroxyl groups is 1. The van der Waals surface area contributed by atoms with Gasteiger partial charge in [0.1, 0.15) is 0 Å². The molecule has 0 bridgehead atoms. The molecule has 120 valence electrons. The maximum absolute atomic E-state index is 12.8. The average Bonchev–Trinajstić information content (AvgIpc) is 2.80. The van der Waals surface area contributed by atoms with E-state index < -0.39 is 12.3 Å². The van der Waals surface area contributed by atoms with E-state index in [4.69, 9.17) is 0 Å². The van der Waals surface area contributed by atoms with Crippen molar-refractivity contribution >= 4 is 11.6 Å². The quantitative estimate of drug-likeness (QED) is 0.891. The van der Waals surface area contributed by atoms with Gasteiger partial charge in [-0.2, -0.15) is 13.2 Å². The molecule has 0 aliphatic carbocycles. The summed E-state index contributed by atoms with van der Waals surface area (Å²) >= 11 is 0. The van der Waals surface area contributed by atoms with Crippen LogP contribution in [0, 0.1) is 0 Å². The van der Waals surface area contributed by atoms with Crippen LogP contribution in [0.3, 0.4) is 0 Å². The van der Waals surface area contributed by atoms with Crippen LogP contribution < -0.4 is 5.32 Å². The van der Waals surface area contributed by atoms with Gasteiger partial charge in [-0.05, 0) is 36.2 Å². The molecule has 0 spiro atoms. The van der Waals surface area contributed by atoms with E-state index in [0.29, 0.717) is 16.8 Å². The summed E-state index contributed by atoms with van der Waals surface area (Å²) in [7, 11) is 0. The van der Waals surface area contributed by atoms with Crippen molar-refractivity contribution in [3.8, 4) is 11.1 Å². The Morgan fingerprint density at radius 1 is 1.30 bits per heavy atom. The van der Waals surface area contributed by atoms with Crippen LogP contribution in [0.25, 0.3) is 11.1 Å². The van der Waals surface area contributed by atoms with Gasteiger partial charge in [0.05, 0.1) is 5.92 Å². The largest absolute Gasteiger partial charge is 0.418 e. The van der Waals surface area contributed by atoms with Gasteiger partial charge in [0.2, 0.25) is 5.91 Å². The van der Waals surface area contributed by atoms with E-state index in [-0.39, 0.29) is 23.0 Å². The molecule has 2 N–H and O–H groups in total. The van der Waals surface area contributed by atoms with Crippen LogP contribution in [-0.2, 0) is 4.79 Å². The molecule has 3 rings (SSSR count). The number of alkyl halides is 3. The first-order valence-electron chi connectivity index (χ1n) is 6.93. The first kappa shape index (κ1) is 15.5. The highest BCUT2D eigenvalue weighted by Crippen LogP contribution is 2.40. The molecule has 2 heterocycles. The molecular formula is C16H13F3N2O2. The first-order valence-corrected chi connectivity index (χ1v) is 6.93. The lowest BCUT2D eigenvalue weighted by Gasteiger charge is -2.18. The maximum atomic E-state index is 12.8. The van der Waals surface area contributed by atoms with E-state index in [2.05, 4.69) is 10.3 Å². The molecule has 23 heavy (non-hydrogen) atoms. The van der Waals surface area contributed by atoms with Crippen molar-refractivity contribution in [2.24, 2.45) is 0 Å². The monoisotopic (exact) mass is 322 g/mol. The van der Waals surface area contributed by atoms with E-state index in [1.807, 2.05) is 0 Å². The van der Waals surface area contributed by atoms with Crippen LogP contribution in [-0.4, -0.2) is 22.2 Å². The van der Waals surface area contributed by atoms with Crippen LogP contribution in [0.2, 0.25) is 0 Å². The second-order valence-electron chi connectivity index (χ2n) is 5.42. The van der Waals surface area contributed by atoms with Crippen molar-refractivity contribution in [2.75, 3.05) is 5.32 Å². The lowest BCUT2D eigenvalue weighted by molar-refractivity contribution is -0.206. The minimum Gasteiger partial charge on any atom is -0.379 e. The number of anilines is 1. The van der Waals surface area contributed by atoms with Crippen LogP contribution in [0.5, 0.6) is 0 Å². The van der Waals surface area contributed by atoms with Gasteiger partial charge in [-0.3, -0.25) is 9.78 Å². The second kappa shape index (κ2) is 5.34. The second-order valence-corrected chi connectivity index (χ2v) is 5.42. The fourth-order valence-corrected chi connectivity index (χ4v) is 2.65. The van der Waals surface area contributed by atoms with E-state index in [1.54, 1.807) is 25.1 Å². The lowest BCUT2D eigenvalue weighted by Crippen LogP contribution is -2.21. The molecule has 0 radical (unpaired) electrons. The number of benzene rings is 1. The van der Waals surface area contributed by atoms with Crippen molar-refractivity contribution < 1.29 is 23.1 Å². The number of carbonyl (C=O) groups excluding carboxylic acids is 1. The molecule has 1 aromatic carbocycles. The third-order valence-corrected chi connectivity index (χ3v) is 3.94. The Bertz CT molecular complexity index is 774. The molecule has 0 fully saturated rings. The Balaban J connectivity index is 2.09. The molecule has 2 atom stereocenters. The number of pyridine rings is 1.